The third-order valence-electron chi connectivity index (χ3n) is 3.92. The first-order valence-corrected chi connectivity index (χ1v) is 7.30. The van der Waals surface area contributed by atoms with Crippen molar-refractivity contribution in [2.75, 3.05) is 19.6 Å². The first kappa shape index (κ1) is 12.9. The van der Waals surface area contributed by atoms with E-state index in [-0.39, 0.29) is 0 Å². The summed E-state index contributed by atoms with van der Waals surface area (Å²) in [6.07, 6.45) is 8.88. The number of nitrogens with one attached hydrogen (secondary N) is 1. The van der Waals surface area contributed by atoms with E-state index in [4.69, 9.17) is 0 Å². The van der Waals surface area contributed by atoms with Crippen LogP contribution < -0.4 is 5.32 Å². The molecule has 0 heterocycles. The lowest BCUT2D eigenvalue weighted by atomic mass is 10.2. The van der Waals surface area contributed by atoms with E-state index >= 15 is 0 Å². The van der Waals surface area contributed by atoms with Gasteiger partial charge in [0.25, 0.3) is 0 Å². The maximum absolute atomic E-state index is 12.1. The van der Waals surface area contributed by atoms with Crippen molar-refractivity contribution >= 4 is 5.91 Å². The van der Waals surface area contributed by atoms with Gasteiger partial charge in [-0.25, -0.2) is 0 Å². The zero-order chi connectivity index (χ0) is 12.1. The van der Waals surface area contributed by atoms with Crippen molar-refractivity contribution < 1.29 is 4.79 Å². The molecule has 2 aliphatic carbocycles. The van der Waals surface area contributed by atoms with Gasteiger partial charge in [0.15, 0.2) is 0 Å². The van der Waals surface area contributed by atoms with Crippen LogP contribution in [0.3, 0.4) is 0 Å². The van der Waals surface area contributed by atoms with Gasteiger partial charge in [-0.15, -0.1) is 0 Å². The zero-order valence-corrected chi connectivity index (χ0v) is 11.1. The second kappa shape index (κ2) is 6.39. The predicted molar refractivity (Wildman–Crippen MR) is 69.9 cm³/mol. The fourth-order valence-corrected chi connectivity index (χ4v) is 2.67. The molecule has 2 fully saturated rings. The molecule has 0 spiro atoms. The molecule has 98 valence electrons. The van der Waals surface area contributed by atoms with Crippen molar-refractivity contribution in [3.63, 3.8) is 0 Å². The molecule has 0 bridgehead atoms. The van der Waals surface area contributed by atoms with Crippen LogP contribution in [0.1, 0.15) is 51.9 Å². The van der Waals surface area contributed by atoms with Crippen molar-refractivity contribution in [1.82, 2.24) is 10.2 Å². The molecule has 0 aliphatic heterocycles. The third kappa shape index (κ3) is 4.30. The summed E-state index contributed by atoms with van der Waals surface area (Å²) in [5.41, 5.74) is 0. The van der Waals surface area contributed by atoms with E-state index in [9.17, 15) is 4.79 Å². The Bertz CT molecular complexity index is 245. The van der Waals surface area contributed by atoms with Crippen LogP contribution >= 0.6 is 0 Å². The molecule has 0 aromatic rings. The van der Waals surface area contributed by atoms with E-state index in [1.165, 1.54) is 38.5 Å². The second-order valence-corrected chi connectivity index (χ2v) is 5.65. The van der Waals surface area contributed by atoms with Gasteiger partial charge in [0.05, 0.1) is 6.54 Å². The molecular weight excluding hydrogens is 212 g/mol. The fraction of sp³-hybridized carbons (Fsp3) is 0.929. The number of amides is 1. The minimum atomic E-state index is 0.311. The summed E-state index contributed by atoms with van der Waals surface area (Å²) < 4.78 is 0. The van der Waals surface area contributed by atoms with E-state index in [1.54, 1.807) is 0 Å². The van der Waals surface area contributed by atoms with Gasteiger partial charge >= 0.3 is 0 Å². The topological polar surface area (TPSA) is 32.3 Å². The largest absolute Gasteiger partial charge is 0.341 e. The zero-order valence-electron chi connectivity index (χ0n) is 11.1. The van der Waals surface area contributed by atoms with E-state index in [0.29, 0.717) is 18.5 Å². The number of carbonyl (C=O) groups is 1. The molecule has 2 saturated carbocycles. The van der Waals surface area contributed by atoms with Crippen LogP contribution in [0.25, 0.3) is 0 Å². The monoisotopic (exact) mass is 238 g/mol. The second-order valence-electron chi connectivity index (χ2n) is 5.65. The molecule has 0 saturated heterocycles. The molecule has 0 radical (unpaired) electrons. The molecule has 0 aromatic carbocycles. The van der Waals surface area contributed by atoms with Gasteiger partial charge in [-0.05, 0) is 38.0 Å². The Morgan fingerprint density at radius 3 is 2.53 bits per heavy atom. The van der Waals surface area contributed by atoms with Gasteiger partial charge in [-0.3, -0.25) is 4.79 Å². The normalized spacial score (nSPS) is 20.8. The smallest absolute Gasteiger partial charge is 0.236 e. The molecule has 0 atom stereocenters. The van der Waals surface area contributed by atoms with Crippen molar-refractivity contribution in [3.05, 3.63) is 0 Å². The summed E-state index contributed by atoms with van der Waals surface area (Å²) in [6.45, 7) is 4.63. The highest BCUT2D eigenvalue weighted by molar-refractivity contribution is 5.78. The molecule has 2 aliphatic rings. The van der Waals surface area contributed by atoms with Crippen molar-refractivity contribution in [3.8, 4) is 0 Å². The van der Waals surface area contributed by atoms with E-state index in [1.807, 2.05) is 0 Å². The average molecular weight is 238 g/mol. The standard InChI is InChI=1S/C14H26N2O/c1-2-9-16(11-12-7-8-12)14(17)10-15-13-5-3-4-6-13/h12-13,15H,2-11H2,1H3. The predicted octanol–water partition coefficient (Wildman–Crippen LogP) is 2.17. The fourth-order valence-electron chi connectivity index (χ4n) is 2.67. The van der Waals surface area contributed by atoms with Gasteiger partial charge in [0.2, 0.25) is 5.91 Å². The first-order valence-electron chi connectivity index (χ1n) is 7.30. The summed E-state index contributed by atoms with van der Waals surface area (Å²) in [7, 11) is 0. The summed E-state index contributed by atoms with van der Waals surface area (Å²) in [4.78, 5) is 14.2. The molecule has 1 N–H and O–H groups in total. The molecular formula is C14H26N2O. The Balaban J connectivity index is 1.69. The van der Waals surface area contributed by atoms with Gasteiger partial charge in [0.1, 0.15) is 0 Å². The molecule has 2 rings (SSSR count). The van der Waals surface area contributed by atoms with Crippen molar-refractivity contribution in [2.24, 2.45) is 5.92 Å². The van der Waals surface area contributed by atoms with Gasteiger partial charge in [-0.2, -0.15) is 0 Å². The minimum Gasteiger partial charge on any atom is -0.341 e. The van der Waals surface area contributed by atoms with Crippen LogP contribution in [0.15, 0.2) is 0 Å². The number of hydrogen-bond acceptors (Lipinski definition) is 2. The maximum Gasteiger partial charge on any atom is 0.236 e. The number of carbonyl (C=O) groups excluding carboxylic acids is 1. The van der Waals surface area contributed by atoms with E-state index < -0.39 is 0 Å². The third-order valence-corrected chi connectivity index (χ3v) is 3.92. The Kier molecular flexibility index (Phi) is 4.84. The first-order chi connectivity index (χ1) is 8.29. The summed E-state index contributed by atoms with van der Waals surface area (Å²) in [5.74, 6) is 1.11. The number of rotatable bonds is 7. The molecule has 0 aromatic heterocycles. The Morgan fingerprint density at radius 2 is 1.94 bits per heavy atom. The lowest BCUT2D eigenvalue weighted by Crippen LogP contribution is -2.42. The van der Waals surface area contributed by atoms with Crippen LogP contribution in [-0.4, -0.2) is 36.5 Å². The van der Waals surface area contributed by atoms with Gasteiger partial charge in [0, 0.05) is 19.1 Å². The lowest BCUT2D eigenvalue weighted by Gasteiger charge is -2.23. The highest BCUT2D eigenvalue weighted by Crippen LogP contribution is 2.29. The van der Waals surface area contributed by atoms with Crippen LogP contribution in [0.4, 0.5) is 0 Å². The quantitative estimate of drug-likeness (QED) is 0.737. The number of nitrogens with zero attached hydrogens (tertiary/aromatic N) is 1. The van der Waals surface area contributed by atoms with Gasteiger partial charge in [-0.1, -0.05) is 19.8 Å². The van der Waals surface area contributed by atoms with Crippen LogP contribution in [0, 0.1) is 5.92 Å². The lowest BCUT2D eigenvalue weighted by molar-refractivity contribution is -0.130. The molecule has 0 unspecified atom stereocenters. The highest BCUT2D eigenvalue weighted by atomic mass is 16.2. The SMILES string of the molecule is CCCN(CC1CC1)C(=O)CNC1CCCC1. The molecule has 3 heteroatoms. The Hall–Kier alpha value is -0.570. The van der Waals surface area contributed by atoms with Crippen molar-refractivity contribution in [1.29, 1.82) is 0 Å². The summed E-state index contributed by atoms with van der Waals surface area (Å²) in [5, 5.41) is 3.42. The molecule has 17 heavy (non-hydrogen) atoms. The average Bonchev–Trinajstić information content (AvgIpc) is 2.99. The van der Waals surface area contributed by atoms with E-state index in [0.717, 1.165) is 25.4 Å². The van der Waals surface area contributed by atoms with Crippen LogP contribution in [-0.2, 0) is 4.79 Å². The highest BCUT2D eigenvalue weighted by Gasteiger charge is 2.26. The Morgan fingerprint density at radius 1 is 1.24 bits per heavy atom. The van der Waals surface area contributed by atoms with Crippen LogP contribution in [0.5, 0.6) is 0 Å². The van der Waals surface area contributed by atoms with Crippen LogP contribution in [0.2, 0.25) is 0 Å². The minimum absolute atomic E-state index is 0.311. The number of hydrogen-bond donors (Lipinski definition) is 1. The van der Waals surface area contributed by atoms with E-state index in [2.05, 4.69) is 17.1 Å². The maximum atomic E-state index is 12.1. The van der Waals surface area contributed by atoms with Crippen molar-refractivity contribution in [2.45, 2.75) is 57.9 Å². The summed E-state index contributed by atoms with van der Waals surface area (Å²) >= 11 is 0. The molecule has 3 nitrogen and oxygen atoms in total. The Labute approximate surface area is 105 Å². The van der Waals surface area contributed by atoms with Gasteiger partial charge < -0.3 is 10.2 Å². The molecule has 1 amide bonds. The summed E-state index contributed by atoms with van der Waals surface area (Å²) in [6, 6.07) is 0.600.